The van der Waals surface area contributed by atoms with Crippen molar-refractivity contribution in [1.82, 2.24) is 5.32 Å². The summed E-state index contributed by atoms with van der Waals surface area (Å²) in [6, 6.07) is 8.25. The number of alkyl carbamates (subject to hydrolysis) is 1. The van der Waals surface area contributed by atoms with Crippen LogP contribution in [0.25, 0.3) is 0 Å². The zero-order chi connectivity index (χ0) is 22.2. The van der Waals surface area contributed by atoms with Gasteiger partial charge >= 0.3 is 12.1 Å². The second-order valence-corrected chi connectivity index (χ2v) is 7.58. The fourth-order valence-electron chi connectivity index (χ4n) is 3.24. The molecule has 1 rings (SSSR count). The Balaban J connectivity index is 2.68. The molecule has 6 heteroatoms. The van der Waals surface area contributed by atoms with E-state index in [1.165, 1.54) is 26.0 Å². The minimum atomic E-state index is -1.03. The van der Waals surface area contributed by atoms with E-state index in [-0.39, 0.29) is 6.61 Å². The van der Waals surface area contributed by atoms with Gasteiger partial charge in [-0.15, -0.1) is 0 Å². The van der Waals surface area contributed by atoms with Crippen LogP contribution in [0.1, 0.15) is 70.8 Å². The summed E-state index contributed by atoms with van der Waals surface area (Å²) in [7, 11) is 1.26. The smallest absolute Gasteiger partial charge is 0.408 e. The summed E-state index contributed by atoms with van der Waals surface area (Å²) in [6.07, 6.45) is 9.91. The summed E-state index contributed by atoms with van der Waals surface area (Å²) < 4.78 is 9.97. The molecule has 2 unspecified atom stereocenters. The van der Waals surface area contributed by atoms with Gasteiger partial charge in [0.2, 0.25) is 0 Å². The van der Waals surface area contributed by atoms with E-state index in [0.29, 0.717) is 12.8 Å². The molecule has 2 atom stereocenters. The van der Waals surface area contributed by atoms with Gasteiger partial charge in [0, 0.05) is 0 Å². The van der Waals surface area contributed by atoms with Gasteiger partial charge in [-0.3, -0.25) is 0 Å². The van der Waals surface area contributed by atoms with Crippen molar-refractivity contribution in [3.63, 3.8) is 0 Å². The number of carbonyl (C=O) groups excluding carboxylic acids is 2. The van der Waals surface area contributed by atoms with Crippen LogP contribution in [-0.4, -0.2) is 35.9 Å². The highest BCUT2D eigenvalue weighted by molar-refractivity contribution is 5.83. The van der Waals surface area contributed by atoms with E-state index < -0.39 is 23.7 Å². The zero-order valence-corrected chi connectivity index (χ0v) is 18.6. The highest BCUT2D eigenvalue weighted by atomic mass is 16.6. The van der Waals surface area contributed by atoms with Crippen LogP contribution in [0.4, 0.5) is 4.79 Å². The van der Waals surface area contributed by atoms with E-state index in [4.69, 9.17) is 9.47 Å². The summed E-state index contributed by atoms with van der Waals surface area (Å²) in [5, 5.41) is 13.5. The molecule has 0 aromatic heterocycles. The van der Waals surface area contributed by atoms with E-state index in [2.05, 4.69) is 12.2 Å². The van der Waals surface area contributed by atoms with Crippen molar-refractivity contribution in [2.45, 2.75) is 83.5 Å². The Hall–Kier alpha value is -2.34. The molecule has 1 aromatic carbocycles. The van der Waals surface area contributed by atoms with Crippen molar-refractivity contribution >= 4 is 12.1 Å². The Morgan fingerprint density at radius 1 is 1.07 bits per heavy atom. The van der Waals surface area contributed by atoms with Crippen LogP contribution < -0.4 is 5.32 Å². The SMILES string of the molecule is CCCCCCCC(O)(/C=C/C(NC(=O)OCc1ccccc1)C(=O)OC)CCC. The van der Waals surface area contributed by atoms with Gasteiger partial charge in [-0.2, -0.15) is 0 Å². The molecule has 0 aliphatic rings. The van der Waals surface area contributed by atoms with Crippen molar-refractivity contribution in [1.29, 1.82) is 0 Å². The van der Waals surface area contributed by atoms with E-state index in [1.54, 1.807) is 6.08 Å². The second-order valence-electron chi connectivity index (χ2n) is 7.58. The van der Waals surface area contributed by atoms with Crippen LogP contribution >= 0.6 is 0 Å². The predicted octanol–water partition coefficient (Wildman–Crippen LogP) is 4.90. The lowest BCUT2D eigenvalue weighted by Gasteiger charge is -2.25. The van der Waals surface area contributed by atoms with E-state index in [1.807, 2.05) is 37.3 Å². The number of methoxy groups -OCH3 is 1. The Morgan fingerprint density at radius 2 is 1.77 bits per heavy atom. The highest BCUT2D eigenvalue weighted by Gasteiger charge is 2.25. The number of aliphatic hydroxyl groups is 1. The maximum absolute atomic E-state index is 12.1. The standard InChI is InChI=1S/C24H37NO5/c1-4-6-7-8-12-17-24(28,16-5-2)18-15-21(22(26)29-3)25-23(27)30-19-20-13-10-9-11-14-20/h9-11,13-15,18,21,28H,4-8,12,16-17,19H2,1-3H3,(H,25,27)/b18-15+. The zero-order valence-electron chi connectivity index (χ0n) is 18.6. The number of unbranched alkanes of at least 4 members (excludes halogenated alkanes) is 4. The number of hydrogen-bond donors (Lipinski definition) is 2. The lowest BCUT2D eigenvalue weighted by atomic mass is 9.90. The van der Waals surface area contributed by atoms with Crippen molar-refractivity contribution in [2.24, 2.45) is 0 Å². The van der Waals surface area contributed by atoms with Gasteiger partial charge in [0.15, 0.2) is 0 Å². The van der Waals surface area contributed by atoms with Crippen molar-refractivity contribution in [2.75, 3.05) is 7.11 Å². The quantitative estimate of drug-likeness (QED) is 0.254. The van der Waals surface area contributed by atoms with Gasteiger partial charge in [0.25, 0.3) is 0 Å². The molecule has 1 aromatic rings. The first kappa shape index (κ1) is 25.7. The molecule has 6 nitrogen and oxygen atoms in total. The van der Waals surface area contributed by atoms with Crippen LogP contribution in [0.5, 0.6) is 0 Å². The molecular formula is C24H37NO5. The van der Waals surface area contributed by atoms with Gasteiger partial charge in [0.1, 0.15) is 12.6 Å². The third kappa shape index (κ3) is 10.4. The van der Waals surface area contributed by atoms with Crippen molar-refractivity contribution in [3.05, 3.63) is 48.0 Å². The molecule has 0 aliphatic carbocycles. The number of esters is 1. The molecule has 0 bridgehead atoms. The first-order valence-electron chi connectivity index (χ1n) is 10.9. The molecule has 168 valence electrons. The Bertz CT molecular complexity index is 646. The Labute approximate surface area is 180 Å². The van der Waals surface area contributed by atoms with Gasteiger partial charge in [-0.05, 0) is 18.4 Å². The summed E-state index contributed by atoms with van der Waals surface area (Å²) >= 11 is 0. The minimum absolute atomic E-state index is 0.0990. The van der Waals surface area contributed by atoms with Crippen LogP contribution in [0.3, 0.4) is 0 Å². The Kier molecular flexibility index (Phi) is 12.5. The van der Waals surface area contributed by atoms with Crippen molar-refractivity contribution < 1.29 is 24.2 Å². The molecular weight excluding hydrogens is 382 g/mol. The largest absolute Gasteiger partial charge is 0.467 e. The normalized spacial score (nSPS) is 14.1. The first-order valence-corrected chi connectivity index (χ1v) is 10.9. The summed E-state index contributed by atoms with van der Waals surface area (Å²) in [5.74, 6) is -0.621. The predicted molar refractivity (Wildman–Crippen MR) is 118 cm³/mol. The fourth-order valence-corrected chi connectivity index (χ4v) is 3.24. The molecule has 0 heterocycles. The molecule has 0 spiro atoms. The van der Waals surface area contributed by atoms with Gasteiger partial charge < -0.3 is 19.9 Å². The number of nitrogens with one attached hydrogen (secondary N) is 1. The van der Waals surface area contributed by atoms with E-state index >= 15 is 0 Å². The van der Waals surface area contributed by atoms with Crippen LogP contribution in [0.2, 0.25) is 0 Å². The molecule has 1 amide bonds. The van der Waals surface area contributed by atoms with Gasteiger partial charge in [-0.1, -0.05) is 94.9 Å². The summed E-state index contributed by atoms with van der Waals surface area (Å²) in [6.45, 7) is 4.27. The van der Waals surface area contributed by atoms with Crippen LogP contribution in [0.15, 0.2) is 42.5 Å². The Morgan fingerprint density at radius 3 is 2.40 bits per heavy atom. The number of amides is 1. The monoisotopic (exact) mass is 419 g/mol. The number of hydrogen-bond acceptors (Lipinski definition) is 5. The topological polar surface area (TPSA) is 84.9 Å². The molecule has 2 N–H and O–H groups in total. The maximum atomic E-state index is 12.1. The second kappa shape index (κ2) is 14.6. The number of benzene rings is 1. The molecule has 0 saturated carbocycles. The molecule has 0 fully saturated rings. The van der Waals surface area contributed by atoms with Gasteiger partial charge in [0.05, 0.1) is 12.7 Å². The molecule has 30 heavy (non-hydrogen) atoms. The lowest BCUT2D eigenvalue weighted by Crippen LogP contribution is -2.41. The number of ether oxygens (including phenoxy) is 2. The van der Waals surface area contributed by atoms with E-state index in [9.17, 15) is 14.7 Å². The highest BCUT2D eigenvalue weighted by Crippen LogP contribution is 2.23. The molecule has 0 saturated heterocycles. The third-order valence-corrected chi connectivity index (χ3v) is 4.94. The average Bonchev–Trinajstić information content (AvgIpc) is 2.75. The summed E-state index contributed by atoms with van der Waals surface area (Å²) in [5.41, 5.74) is -0.165. The first-order chi connectivity index (χ1) is 14.4. The van der Waals surface area contributed by atoms with Gasteiger partial charge in [-0.25, -0.2) is 9.59 Å². The lowest BCUT2D eigenvalue weighted by molar-refractivity contribution is -0.141. The van der Waals surface area contributed by atoms with Crippen molar-refractivity contribution in [3.8, 4) is 0 Å². The third-order valence-electron chi connectivity index (χ3n) is 4.94. The van der Waals surface area contributed by atoms with E-state index in [0.717, 1.165) is 31.2 Å². The average molecular weight is 420 g/mol. The number of carbonyl (C=O) groups is 2. The molecule has 0 aliphatic heterocycles. The fraction of sp³-hybridized carbons (Fsp3) is 0.583. The minimum Gasteiger partial charge on any atom is -0.467 e. The van der Waals surface area contributed by atoms with Crippen LogP contribution in [-0.2, 0) is 20.9 Å². The summed E-state index contributed by atoms with van der Waals surface area (Å²) in [4.78, 5) is 24.2. The maximum Gasteiger partial charge on any atom is 0.408 e. The number of rotatable bonds is 14. The van der Waals surface area contributed by atoms with Crippen LogP contribution in [0, 0.1) is 0 Å². The molecule has 0 radical (unpaired) electrons.